The highest BCUT2D eigenvalue weighted by Gasteiger charge is 2.28. The van der Waals surface area contributed by atoms with Crippen LogP contribution in [0.2, 0.25) is 0 Å². The van der Waals surface area contributed by atoms with Gasteiger partial charge >= 0.3 is 5.97 Å². The second-order valence-electron chi connectivity index (χ2n) is 8.38. The highest BCUT2D eigenvalue weighted by Crippen LogP contribution is 2.33. The molecule has 0 bridgehead atoms. The first-order chi connectivity index (χ1) is 14.7. The Hall–Kier alpha value is -2.61. The highest BCUT2D eigenvalue weighted by atomic mass is 16.4. The number of carboxylic acids is 1. The van der Waals surface area contributed by atoms with Crippen molar-refractivity contribution in [3.8, 4) is 11.1 Å². The number of fused-ring (bicyclic) bond motifs is 1. The zero-order valence-electron chi connectivity index (χ0n) is 18.1. The second-order valence-corrected chi connectivity index (χ2v) is 8.38. The second kappa shape index (κ2) is 11.5. The van der Waals surface area contributed by atoms with Crippen molar-refractivity contribution in [1.82, 2.24) is 0 Å². The Balaban J connectivity index is 0.000000173. The van der Waals surface area contributed by atoms with Gasteiger partial charge in [-0.25, -0.2) is 0 Å². The lowest BCUT2D eigenvalue weighted by Gasteiger charge is -2.27. The minimum absolute atomic E-state index is 0.0600. The Kier molecular flexibility index (Phi) is 8.50. The van der Waals surface area contributed by atoms with E-state index < -0.39 is 5.97 Å². The van der Waals surface area contributed by atoms with E-state index in [0.29, 0.717) is 5.92 Å². The lowest BCUT2D eigenvalue weighted by molar-refractivity contribution is -0.144. The molecule has 1 fully saturated rings. The van der Waals surface area contributed by atoms with Crippen LogP contribution in [-0.4, -0.2) is 11.1 Å². The van der Waals surface area contributed by atoms with Crippen LogP contribution in [0.25, 0.3) is 21.9 Å². The predicted octanol–water partition coefficient (Wildman–Crippen LogP) is 7.96. The summed E-state index contributed by atoms with van der Waals surface area (Å²) in [6.07, 6.45) is 9.11. The first-order valence-corrected chi connectivity index (χ1v) is 11.5. The molecule has 2 nitrogen and oxygen atoms in total. The van der Waals surface area contributed by atoms with Gasteiger partial charge in [-0.15, -0.1) is 0 Å². The molecule has 0 aliphatic heterocycles. The van der Waals surface area contributed by atoms with Gasteiger partial charge in [0.2, 0.25) is 0 Å². The molecule has 0 heterocycles. The summed E-state index contributed by atoms with van der Waals surface area (Å²) < 4.78 is 0. The average molecular weight is 403 g/mol. The summed E-state index contributed by atoms with van der Waals surface area (Å²) in [6, 6.07) is 25.5. The molecule has 0 radical (unpaired) electrons. The van der Waals surface area contributed by atoms with Gasteiger partial charge in [0.1, 0.15) is 0 Å². The Morgan fingerprint density at radius 3 is 2.27 bits per heavy atom. The standard InChI is InChI=1S/C16H12.C12H22O2/c1-2-7-13(8-3-1)16-12-6-10-14-9-4-5-11-15(14)16;1-2-3-9-11(12(13)14)10-7-5-4-6-8-10/h1-12H;10-11H,2-9H2,1H3,(H,13,14). The SMILES string of the molecule is CCCCC(C(=O)O)C1CCCCC1.c1ccc(-c2cccc3ccccc23)cc1. The predicted molar refractivity (Wildman–Crippen MR) is 127 cm³/mol. The number of aliphatic carboxylic acids is 1. The van der Waals surface area contributed by atoms with E-state index in [9.17, 15) is 4.79 Å². The first-order valence-electron chi connectivity index (χ1n) is 11.5. The van der Waals surface area contributed by atoms with Crippen LogP contribution in [0.3, 0.4) is 0 Å². The fraction of sp³-hybridized carbons (Fsp3) is 0.393. The third-order valence-corrected chi connectivity index (χ3v) is 6.28. The molecule has 0 saturated heterocycles. The van der Waals surface area contributed by atoms with Crippen molar-refractivity contribution in [2.24, 2.45) is 11.8 Å². The van der Waals surface area contributed by atoms with Crippen LogP contribution in [0.5, 0.6) is 0 Å². The molecule has 1 unspecified atom stereocenters. The zero-order chi connectivity index (χ0) is 21.2. The van der Waals surface area contributed by atoms with Gasteiger partial charge in [0.15, 0.2) is 0 Å². The summed E-state index contributed by atoms with van der Waals surface area (Å²) in [5.74, 6) is -0.159. The maximum atomic E-state index is 11.1. The lowest BCUT2D eigenvalue weighted by atomic mass is 9.78. The van der Waals surface area contributed by atoms with E-state index in [2.05, 4.69) is 79.7 Å². The highest BCUT2D eigenvalue weighted by molar-refractivity contribution is 5.96. The number of benzene rings is 3. The van der Waals surface area contributed by atoms with Gasteiger partial charge in [0.05, 0.1) is 5.92 Å². The van der Waals surface area contributed by atoms with Gasteiger partial charge in [-0.1, -0.05) is 112 Å². The molecule has 30 heavy (non-hydrogen) atoms. The van der Waals surface area contributed by atoms with Crippen LogP contribution >= 0.6 is 0 Å². The summed E-state index contributed by atoms with van der Waals surface area (Å²) in [4.78, 5) is 11.1. The van der Waals surface area contributed by atoms with E-state index in [1.807, 2.05) is 0 Å². The molecule has 1 N–H and O–H groups in total. The first kappa shape index (κ1) is 22.1. The summed E-state index contributed by atoms with van der Waals surface area (Å²) in [6.45, 7) is 2.12. The van der Waals surface area contributed by atoms with E-state index in [1.54, 1.807) is 0 Å². The quantitative estimate of drug-likeness (QED) is 0.454. The Morgan fingerprint density at radius 1 is 0.900 bits per heavy atom. The molecular formula is C28H34O2. The Labute approximate surface area is 181 Å². The van der Waals surface area contributed by atoms with Crippen molar-refractivity contribution in [2.75, 3.05) is 0 Å². The van der Waals surface area contributed by atoms with Crippen LogP contribution in [0, 0.1) is 11.8 Å². The molecule has 1 atom stereocenters. The lowest BCUT2D eigenvalue weighted by Crippen LogP contribution is -2.25. The van der Waals surface area contributed by atoms with E-state index in [-0.39, 0.29) is 5.92 Å². The van der Waals surface area contributed by atoms with E-state index >= 15 is 0 Å². The third kappa shape index (κ3) is 5.95. The van der Waals surface area contributed by atoms with Crippen molar-refractivity contribution in [1.29, 1.82) is 0 Å². The normalized spacial score (nSPS) is 15.2. The van der Waals surface area contributed by atoms with Crippen molar-refractivity contribution < 1.29 is 9.90 Å². The van der Waals surface area contributed by atoms with Crippen molar-refractivity contribution in [3.63, 3.8) is 0 Å². The molecule has 0 spiro atoms. The van der Waals surface area contributed by atoms with Gasteiger partial charge in [-0.2, -0.15) is 0 Å². The smallest absolute Gasteiger partial charge is 0.306 e. The van der Waals surface area contributed by atoms with Gasteiger partial charge < -0.3 is 5.11 Å². The summed E-state index contributed by atoms with van der Waals surface area (Å²) in [5.41, 5.74) is 2.58. The van der Waals surface area contributed by atoms with Gasteiger partial charge in [-0.05, 0) is 47.1 Å². The maximum Gasteiger partial charge on any atom is 0.306 e. The number of hydrogen-bond acceptors (Lipinski definition) is 1. The Bertz CT molecular complexity index is 905. The summed E-state index contributed by atoms with van der Waals surface area (Å²) in [7, 11) is 0. The van der Waals surface area contributed by atoms with Gasteiger partial charge in [0.25, 0.3) is 0 Å². The van der Waals surface area contributed by atoms with Crippen molar-refractivity contribution in [2.45, 2.75) is 58.3 Å². The number of carbonyl (C=O) groups is 1. The average Bonchev–Trinajstić information content (AvgIpc) is 2.80. The molecule has 158 valence electrons. The molecule has 0 aromatic heterocycles. The zero-order valence-corrected chi connectivity index (χ0v) is 18.1. The van der Waals surface area contributed by atoms with E-state index in [1.165, 1.54) is 41.2 Å². The molecular weight excluding hydrogens is 368 g/mol. The Morgan fingerprint density at radius 2 is 1.57 bits per heavy atom. The third-order valence-electron chi connectivity index (χ3n) is 6.28. The molecule has 2 heteroatoms. The number of unbranched alkanes of at least 4 members (excludes halogenated alkanes) is 1. The molecule has 1 saturated carbocycles. The van der Waals surface area contributed by atoms with E-state index in [4.69, 9.17) is 5.11 Å². The van der Waals surface area contributed by atoms with Crippen LogP contribution in [0.4, 0.5) is 0 Å². The van der Waals surface area contributed by atoms with Gasteiger partial charge in [0, 0.05) is 0 Å². The molecule has 1 aliphatic rings. The molecule has 1 aliphatic carbocycles. The minimum Gasteiger partial charge on any atom is -0.481 e. The van der Waals surface area contributed by atoms with Crippen LogP contribution in [0.15, 0.2) is 72.8 Å². The molecule has 4 rings (SSSR count). The molecule has 3 aromatic rings. The fourth-order valence-corrected chi connectivity index (χ4v) is 4.62. The van der Waals surface area contributed by atoms with Crippen LogP contribution in [-0.2, 0) is 4.79 Å². The monoisotopic (exact) mass is 402 g/mol. The fourth-order valence-electron chi connectivity index (χ4n) is 4.62. The largest absolute Gasteiger partial charge is 0.481 e. The van der Waals surface area contributed by atoms with Crippen molar-refractivity contribution >= 4 is 16.7 Å². The van der Waals surface area contributed by atoms with Crippen LogP contribution in [0.1, 0.15) is 58.3 Å². The van der Waals surface area contributed by atoms with E-state index in [0.717, 1.165) is 32.1 Å². The van der Waals surface area contributed by atoms with Crippen molar-refractivity contribution in [3.05, 3.63) is 72.8 Å². The summed E-state index contributed by atoms with van der Waals surface area (Å²) in [5, 5.41) is 11.8. The topological polar surface area (TPSA) is 37.3 Å². The van der Waals surface area contributed by atoms with Crippen LogP contribution < -0.4 is 0 Å². The summed E-state index contributed by atoms with van der Waals surface area (Å²) >= 11 is 0. The molecule has 3 aromatic carbocycles. The minimum atomic E-state index is -0.564. The number of carboxylic acid groups (broad SMARTS) is 1. The maximum absolute atomic E-state index is 11.1. The number of hydrogen-bond donors (Lipinski definition) is 1. The number of rotatable bonds is 6. The van der Waals surface area contributed by atoms with Gasteiger partial charge in [-0.3, -0.25) is 4.79 Å². The molecule has 0 amide bonds.